The van der Waals surface area contributed by atoms with Crippen molar-refractivity contribution in [3.63, 3.8) is 0 Å². The quantitative estimate of drug-likeness (QED) is 0.550. The zero-order chi connectivity index (χ0) is 8.27. The Hall–Kier alpha value is -1.13. The number of hydrogen-bond donors (Lipinski definition) is 3. The third-order valence-corrected chi connectivity index (χ3v) is 1.43. The van der Waals surface area contributed by atoms with E-state index in [9.17, 15) is 0 Å². The standard InChI is InChI=1S/C7H10N2O2/c8-6(4-10)5-1-2-9-3-7(5)11/h1-3,6,10-11H,4,8H2/t6-/m1/s1. The number of aromatic nitrogens is 1. The molecule has 1 atom stereocenters. The Labute approximate surface area is 64.3 Å². The largest absolute Gasteiger partial charge is 0.506 e. The first-order valence-corrected chi connectivity index (χ1v) is 3.25. The van der Waals surface area contributed by atoms with Crippen LogP contribution in [0, 0.1) is 0 Å². The lowest BCUT2D eigenvalue weighted by atomic mass is 10.1. The van der Waals surface area contributed by atoms with Crippen LogP contribution in [0.3, 0.4) is 0 Å². The number of nitrogens with zero attached hydrogens (tertiary/aromatic N) is 1. The summed E-state index contributed by atoms with van der Waals surface area (Å²) in [6, 6.07) is 1.05. The van der Waals surface area contributed by atoms with Crippen LogP contribution in [-0.4, -0.2) is 21.8 Å². The van der Waals surface area contributed by atoms with Crippen LogP contribution in [0.5, 0.6) is 5.75 Å². The van der Waals surface area contributed by atoms with Crippen LogP contribution < -0.4 is 5.73 Å². The number of aliphatic hydroxyl groups excluding tert-OH is 1. The van der Waals surface area contributed by atoms with Crippen LogP contribution >= 0.6 is 0 Å². The predicted molar refractivity (Wildman–Crippen MR) is 39.9 cm³/mol. The fourth-order valence-corrected chi connectivity index (χ4v) is 0.809. The van der Waals surface area contributed by atoms with Gasteiger partial charge in [-0.05, 0) is 6.07 Å². The Balaban J connectivity index is 2.93. The topological polar surface area (TPSA) is 79.4 Å². The molecule has 0 unspecified atom stereocenters. The first-order chi connectivity index (χ1) is 5.25. The molecule has 0 amide bonds. The summed E-state index contributed by atoms with van der Waals surface area (Å²) in [5, 5.41) is 17.8. The number of aliphatic hydroxyl groups is 1. The van der Waals surface area contributed by atoms with E-state index in [4.69, 9.17) is 15.9 Å². The third-order valence-electron chi connectivity index (χ3n) is 1.43. The van der Waals surface area contributed by atoms with Gasteiger partial charge in [-0.25, -0.2) is 0 Å². The van der Waals surface area contributed by atoms with E-state index in [0.29, 0.717) is 5.56 Å². The lowest BCUT2D eigenvalue weighted by Crippen LogP contribution is -2.14. The Morgan fingerprint density at radius 1 is 1.64 bits per heavy atom. The number of pyridine rings is 1. The Morgan fingerprint density at radius 3 is 2.91 bits per heavy atom. The molecule has 0 aliphatic heterocycles. The fourth-order valence-electron chi connectivity index (χ4n) is 0.809. The average Bonchev–Trinajstić information content (AvgIpc) is 2.04. The minimum absolute atomic E-state index is 0.0223. The summed E-state index contributed by atoms with van der Waals surface area (Å²) in [6.45, 7) is -0.183. The van der Waals surface area contributed by atoms with E-state index in [2.05, 4.69) is 4.98 Å². The van der Waals surface area contributed by atoms with Gasteiger partial charge in [0.2, 0.25) is 0 Å². The maximum Gasteiger partial charge on any atom is 0.138 e. The Morgan fingerprint density at radius 2 is 2.36 bits per heavy atom. The monoisotopic (exact) mass is 154 g/mol. The summed E-state index contributed by atoms with van der Waals surface area (Å²) in [5.74, 6) is 0.0223. The highest BCUT2D eigenvalue weighted by Gasteiger charge is 2.07. The number of rotatable bonds is 2. The molecule has 1 aromatic rings. The minimum Gasteiger partial charge on any atom is -0.506 e. The highest BCUT2D eigenvalue weighted by atomic mass is 16.3. The van der Waals surface area contributed by atoms with Crippen LogP contribution in [0.15, 0.2) is 18.5 Å². The average molecular weight is 154 g/mol. The molecular formula is C7H10N2O2. The summed E-state index contributed by atoms with van der Waals surface area (Å²) in [4.78, 5) is 3.67. The van der Waals surface area contributed by atoms with Gasteiger partial charge in [-0.2, -0.15) is 0 Å². The molecule has 0 aliphatic carbocycles. The van der Waals surface area contributed by atoms with Gasteiger partial charge in [-0.3, -0.25) is 4.98 Å². The van der Waals surface area contributed by atoms with E-state index in [1.807, 2.05) is 0 Å². The fraction of sp³-hybridized carbons (Fsp3) is 0.286. The van der Waals surface area contributed by atoms with Crippen LogP contribution in [0.2, 0.25) is 0 Å². The van der Waals surface area contributed by atoms with Crippen molar-refractivity contribution in [2.45, 2.75) is 6.04 Å². The van der Waals surface area contributed by atoms with Gasteiger partial charge in [-0.1, -0.05) is 0 Å². The van der Waals surface area contributed by atoms with E-state index in [0.717, 1.165) is 0 Å². The summed E-state index contributed by atoms with van der Waals surface area (Å²) in [7, 11) is 0. The highest BCUT2D eigenvalue weighted by Crippen LogP contribution is 2.19. The van der Waals surface area contributed by atoms with Gasteiger partial charge >= 0.3 is 0 Å². The van der Waals surface area contributed by atoms with E-state index >= 15 is 0 Å². The van der Waals surface area contributed by atoms with Crippen molar-refractivity contribution in [2.24, 2.45) is 5.73 Å². The van der Waals surface area contributed by atoms with Crippen molar-refractivity contribution in [1.29, 1.82) is 0 Å². The summed E-state index contributed by atoms with van der Waals surface area (Å²) in [5.41, 5.74) is 5.97. The predicted octanol–water partition coefficient (Wildman–Crippen LogP) is -0.221. The van der Waals surface area contributed by atoms with Gasteiger partial charge < -0.3 is 15.9 Å². The molecule has 0 saturated carbocycles. The van der Waals surface area contributed by atoms with Gasteiger partial charge in [-0.15, -0.1) is 0 Å². The lowest BCUT2D eigenvalue weighted by molar-refractivity contribution is 0.265. The summed E-state index contributed by atoms with van der Waals surface area (Å²) >= 11 is 0. The molecule has 60 valence electrons. The van der Waals surface area contributed by atoms with Gasteiger partial charge in [0, 0.05) is 11.8 Å². The molecule has 0 aromatic carbocycles. The van der Waals surface area contributed by atoms with Crippen molar-refractivity contribution < 1.29 is 10.2 Å². The van der Waals surface area contributed by atoms with Crippen molar-refractivity contribution in [2.75, 3.05) is 6.61 Å². The maximum atomic E-state index is 9.16. The molecule has 0 saturated heterocycles. The van der Waals surface area contributed by atoms with Crippen molar-refractivity contribution >= 4 is 0 Å². The van der Waals surface area contributed by atoms with Crippen LogP contribution in [0.1, 0.15) is 11.6 Å². The molecule has 0 radical (unpaired) electrons. The normalized spacial score (nSPS) is 12.9. The molecule has 1 rings (SSSR count). The number of aromatic hydroxyl groups is 1. The first-order valence-electron chi connectivity index (χ1n) is 3.25. The first kappa shape index (κ1) is 7.97. The molecule has 0 spiro atoms. The minimum atomic E-state index is -0.530. The van der Waals surface area contributed by atoms with E-state index in [-0.39, 0.29) is 12.4 Å². The van der Waals surface area contributed by atoms with Gasteiger partial charge in [0.1, 0.15) is 5.75 Å². The van der Waals surface area contributed by atoms with Gasteiger partial charge in [0.15, 0.2) is 0 Å². The van der Waals surface area contributed by atoms with Crippen molar-refractivity contribution in [3.05, 3.63) is 24.0 Å². The number of nitrogens with two attached hydrogens (primary N) is 1. The molecule has 4 nitrogen and oxygen atoms in total. The van der Waals surface area contributed by atoms with E-state index in [1.54, 1.807) is 6.07 Å². The molecule has 0 aliphatic rings. The Kier molecular flexibility index (Phi) is 2.40. The van der Waals surface area contributed by atoms with Crippen molar-refractivity contribution in [1.82, 2.24) is 4.98 Å². The zero-order valence-electron chi connectivity index (χ0n) is 5.94. The molecule has 4 heteroatoms. The van der Waals surface area contributed by atoms with E-state index in [1.165, 1.54) is 12.4 Å². The second-order valence-corrected chi connectivity index (χ2v) is 2.22. The molecule has 0 fully saturated rings. The summed E-state index contributed by atoms with van der Waals surface area (Å²) < 4.78 is 0. The zero-order valence-corrected chi connectivity index (χ0v) is 5.94. The number of hydrogen-bond acceptors (Lipinski definition) is 4. The molecule has 1 aromatic heterocycles. The second kappa shape index (κ2) is 3.32. The van der Waals surface area contributed by atoms with E-state index < -0.39 is 6.04 Å². The molecule has 11 heavy (non-hydrogen) atoms. The SMILES string of the molecule is N[C@H](CO)c1ccncc1O. The molecule has 4 N–H and O–H groups in total. The molecule has 0 bridgehead atoms. The van der Waals surface area contributed by atoms with Crippen LogP contribution in [0.4, 0.5) is 0 Å². The third kappa shape index (κ3) is 1.66. The van der Waals surface area contributed by atoms with Crippen molar-refractivity contribution in [3.8, 4) is 5.75 Å². The van der Waals surface area contributed by atoms with Crippen LogP contribution in [0.25, 0.3) is 0 Å². The smallest absolute Gasteiger partial charge is 0.138 e. The second-order valence-electron chi connectivity index (χ2n) is 2.22. The van der Waals surface area contributed by atoms with Gasteiger partial charge in [0.25, 0.3) is 0 Å². The summed E-state index contributed by atoms with van der Waals surface area (Å²) in [6.07, 6.45) is 2.81. The maximum absolute atomic E-state index is 9.16. The van der Waals surface area contributed by atoms with Crippen LogP contribution in [-0.2, 0) is 0 Å². The highest BCUT2D eigenvalue weighted by molar-refractivity contribution is 5.30. The molecular weight excluding hydrogens is 144 g/mol. The Bertz CT molecular complexity index is 240. The molecule has 1 heterocycles. The van der Waals surface area contributed by atoms with Gasteiger partial charge in [0.05, 0.1) is 18.8 Å². The lowest BCUT2D eigenvalue weighted by Gasteiger charge is -2.08.